The fraction of sp³-hybridized carbons (Fsp3) is 0.867. The highest BCUT2D eigenvalue weighted by atomic mass is 16.6. The van der Waals surface area contributed by atoms with Crippen LogP contribution in [0.4, 0.5) is 0 Å². The quantitative estimate of drug-likeness (QED) is 0.591. The van der Waals surface area contributed by atoms with E-state index in [1.54, 1.807) is 13.8 Å². The Hall–Kier alpha value is -1.10. The van der Waals surface area contributed by atoms with E-state index in [1.807, 2.05) is 0 Å². The predicted molar refractivity (Wildman–Crippen MR) is 71.7 cm³/mol. The standard InChI is InChI=1S/C15H24O5/c1-3-19-13(17)12(14(18)20-4-2)11-7-15(8-11)5-10(6-15)9-16/h10-12,16H,3-9H2,1-2H3. The molecule has 2 fully saturated rings. The SMILES string of the molecule is CCOC(=O)C(C(=O)OCC)C1CC2(CC(CO)C2)C1. The lowest BCUT2D eigenvalue weighted by Crippen LogP contribution is -2.53. The van der Waals surface area contributed by atoms with Gasteiger partial charge in [0, 0.05) is 6.61 Å². The van der Waals surface area contributed by atoms with Gasteiger partial charge in [0.1, 0.15) is 0 Å². The van der Waals surface area contributed by atoms with E-state index < -0.39 is 17.9 Å². The van der Waals surface area contributed by atoms with Crippen LogP contribution in [0.1, 0.15) is 39.5 Å². The number of ether oxygens (including phenoxy) is 2. The molecule has 0 heterocycles. The molecular formula is C15H24O5. The highest BCUT2D eigenvalue weighted by Gasteiger charge is 2.57. The van der Waals surface area contributed by atoms with Crippen LogP contribution < -0.4 is 0 Å². The fourth-order valence-corrected chi connectivity index (χ4v) is 3.86. The van der Waals surface area contributed by atoms with Crippen LogP contribution in [-0.4, -0.2) is 36.9 Å². The first kappa shape index (κ1) is 15.3. The molecule has 0 aromatic carbocycles. The lowest BCUT2D eigenvalue weighted by atomic mass is 9.46. The Morgan fingerprint density at radius 2 is 1.60 bits per heavy atom. The third kappa shape index (κ3) is 2.82. The van der Waals surface area contributed by atoms with E-state index in [-0.39, 0.29) is 31.2 Å². The first-order valence-corrected chi connectivity index (χ1v) is 7.49. The van der Waals surface area contributed by atoms with Crippen LogP contribution in [0.25, 0.3) is 0 Å². The average molecular weight is 284 g/mol. The maximum absolute atomic E-state index is 12.0. The number of aliphatic hydroxyl groups is 1. The van der Waals surface area contributed by atoms with E-state index in [0.29, 0.717) is 5.92 Å². The van der Waals surface area contributed by atoms with Crippen molar-refractivity contribution >= 4 is 11.9 Å². The second-order valence-electron chi connectivity index (χ2n) is 6.11. The minimum absolute atomic E-state index is 0.0349. The molecular weight excluding hydrogens is 260 g/mol. The molecule has 0 unspecified atom stereocenters. The lowest BCUT2D eigenvalue weighted by molar-refractivity contribution is -0.174. The Morgan fingerprint density at radius 3 is 2.00 bits per heavy atom. The van der Waals surface area contributed by atoms with E-state index in [9.17, 15) is 9.59 Å². The maximum atomic E-state index is 12.0. The molecule has 0 saturated heterocycles. The Labute approximate surface area is 119 Å². The van der Waals surface area contributed by atoms with Crippen LogP contribution in [0.3, 0.4) is 0 Å². The normalized spacial score (nSPS) is 31.6. The molecule has 114 valence electrons. The summed E-state index contributed by atoms with van der Waals surface area (Å²) >= 11 is 0. The summed E-state index contributed by atoms with van der Waals surface area (Å²) in [5.41, 5.74) is 0.259. The van der Waals surface area contributed by atoms with Gasteiger partial charge in [-0.15, -0.1) is 0 Å². The molecule has 20 heavy (non-hydrogen) atoms. The Bertz CT molecular complexity index is 346. The van der Waals surface area contributed by atoms with Crippen LogP contribution in [0.5, 0.6) is 0 Å². The molecule has 2 aliphatic rings. The molecule has 0 atom stereocenters. The molecule has 0 bridgehead atoms. The summed E-state index contributed by atoms with van der Waals surface area (Å²) in [6.45, 7) is 4.27. The first-order valence-electron chi connectivity index (χ1n) is 7.49. The lowest BCUT2D eigenvalue weighted by Gasteiger charge is -2.58. The second-order valence-corrected chi connectivity index (χ2v) is 6.11. The van der Waals surface area contributed by atoms with Gasteiger partial charge in [-0.1, -0.05) is 0 Å². The van der Waals surface area contributed by atoms with Crippen LogP contribution in [0.15, 0.2) is 0 Å². The van der Waals surface area contributed by atoms with Crippen molar-refractivity contribution in [3.8, 4) is 0 Å². The van der Waals surface area contributed by atoms with E-state index in [0.717, 1.165) is 25.7 Å². The van der Waals surface area contributed by atoms with Crippen molar-refractivity contribution < 1.29 is 24.2 Å². The van der Waals surface area contributed by atoms with Crippen molar-refractivity contribution in [3.63, 3.8) is 0 Å². The molecule has 2 saturated carbocycles. The van der Waals surface area contributed by atoms with Crippen LogP contribution in [0, 0.1) is 23.2 Å². The van der Waals surface area contributed by atoms with Crippen LogP contribution in [0.2, 0.25) is 0 Å². The highest BCUT2D eigenvalue weighted by Crippen LogP contribution is 2.62. The third-order valence-electron chi connectivity index (χ3n) is 4.64. The molecule has 2 aliphatic carbocycles. The predicted octanol–water partition coefficient (Wildman–Crippen LogP) is 1.53. The molecule has 5 nitrogen and oxygen atoms in total. The fourth-order valence-electron chi connectivity index (χ4n) is 3.86. The minimum Gasteiger partial charge on any atom is -0.465 e. The Morgan fingerprint density at radius 1 is 1.10 bits per heavy atom. The van der Waals surface area contributed by atoms with Gasteiger partial charge in [-0.3, -0.25) is 9.59 Å². The summed E-state index contributed by atoms with van der Waals surface area (Å²) in [4.78, 5) is 23.9. The zero-order valence-electron chi connectivity index (χ0n) is 12.3. The number of carbonyl (C=O) groups excluding carboxylic acids is 2. The zero-order chi connectivity index (χ0) is 14.8. The van der Waals surface area contributed by atoms with E-state index in [2.05, 4.69) is 0 Å². The van der Waals surface area contributed by atoms with Crippen molar-refractivity contribution in [2.75, 3.05) is 19.8 Å². The van der Waals surface area contributed by atoms with E-state index >= 15 is 0 Å². The average Bonchev–Trinajstić information content (AvgIpc) is 2.30. The monoisotopic (exact) mass is 284 g/mol. The number of hydrogen-bond acceptors (Lipinski definition) is 5. The van der Waals surface area contributed by atoms with Gasteiger partial charge in [-0.2, -0.15) is 0 Å². The number of esters is 2. The summed E-state index contributed by atoms with van der Waals surface area (Å²) < 4.78 is 10.0. The zero-order valence-corrected chi connectivity index (χ0v) is 12.3. The second kappa shape index (κ2) is 6.12. The van der Waals surface area contributed by atoms with Crippen molar-refractivity contribution in [1.29, 1.82) is 0 Å². The van der Waals surface area contributed by atoms with Gasteiger partial charge >= 0.3 is 11.9 Å². The van der Waals surface area contributed by atoms with Crippen LogP contribution >= 0.6 is 0 Å². The number of hydrogen-bond donors (Lipinski definition) is 1. The summed E-state index contributed by atoms with van der Waals surface area (Å²) in [6, 6.07) is 0. The van der Waals surface area contributed by atoms with Gasteiger partial charge in [0.2, 0.25) is 0 Å². The van der Waals surface area contributed by atoms with Gasteiger partial charge in [0.15, 0.2) is 5.92 Å². The molecule has 1 spiro atoms. The summed E-state index contributed by atoms with van der Waals surface area (Å²) in [6.07, 6.45) is 3.76. The van der Waals surface area contributed by atoms with Crippen molar-refractivity contribution in [2.45, 2.75) is 39.5 Å². The number of carbonyl (C=O) groups is 2. The molecule has 1 N–H and O–H groups in total. The Kier molecular flexibility index (Phi) is 4.68. The van der Waals surface area contributed by atoms with Gasteiger partial charge in [-0.25, -0.2) is 0 Å². The van der Waals surface area contributed by atoms with Gasteiger partial charge in [-0.05, 0) is 56.8 Å². The molecule has 0 aromatic heterocycles. The molecule has 0 amide bonds. The molecule has 2 rings (SSSR count). The maximum Gasteiger partial charge on any atom is 0.320 e. The van der Waals surface area contributed by atoms with Gasteiger partial charge in [0.25, 0.3) is 0 Å². The topological polar surface area (TPSA) is 72.8 Å². The van der Waals surface area contributed by atoms with Crippen molar-refractivity contribution in [2.24, 2.45) is 23.2 Å². The van der Waals surface area contributed by atoms with Crippen LogP contribution in [-0.2, 0) is 19.1 Å². The Balaban J connectivity index is 1.92. The van der Waals surface area contributed by atoms with Gasteiger partial charge in [0.05, 0.1) is 13.2 Å². The van der Waals surface area contributed by atoms with Crippen molar-refractivity contribution in [1.82, 2.24) is 0 Å². The van der Waals surface area contributed by atoms with Gasteiger partial charge < -0.3 is 14.6 Å². The molecule has 0 aromatic rings. The highest BCUT2D eigenvalue weighted by molar-refractivity contribution is 5.95. The summed E-state index contributed by atoms with van der Waals surface area (Å²) in [5.74, 6) is -1.24. The number of aliphatic hydroxyl groups excluding tert-OH is 1. The van der Waals surface area contributed by atoms with E-state index in [1.165, 1.54) is 0 Å². The molecule has 0 radical (unpaired) electrons. The molecule has 5 heteroatoms. The minimum atomic E-state index is -0.770. The summed E-state index contributed by atoms with van der Waals surface area (Å²) in [7, 11) is 0. The summed E-state index contributed by atoms with van der Waals surface area (Å²) in [5, 5.41) is 9.08. The first-order chi connectivity index (χ1) is 9.55. The molecule has 0 aliphatic heterocycles. The van der Waals surface area contributed by atoms with Crippen molar-refractivity contribution in [3.05, 3.63) is 0 Å². The van der Waals surface area contributed by atoms with E-state index in [4.69, 9.17) is 14.6 Å². The third-order valence-corrected chi connectivity index (χ3v) is 4.64. The smallest absolute Gasteiger partial charge is 0.320 e. The number of rotatable bonds is 6. The largest absolute Gasteiger partial charge is 0.465 e.